The van der Waals surface area contributed by atoms with Crippen molar-refractivity contribution in [1.82, 2.24) is 15.5 Å². The standard InChI is InChI=1S/C21H24N4O2.ClH/c1-2-12-22-13-6-11-19(26)23-16-8-5-7-15(14-16)20-17-9-3-4-10-18(17)21(27)25-24-20;/h1,5,7-8,14,22H,3-4,6,9-13H2,(H,23,26)(H,25,27);1H. The lowest BCUT2D eigenvalue weighted by Crippen LogP contribution is -2.21. The summed E-state index contributed by atoms with van der Waals surface area (Å²) in [5, 5.41) is 12.9. The van der Waals surface area contributed by atoms with E-state index in [-0.39, 0.29) is 23.9 Å². The van der Waals surface area contributed by atoms with Crippen LogP contribution < -0.4 is 16.2 Å². The largest absolute Gasteiger partial charge is 0.326 e. The summed E-state index contributed by atoms with van der Waals surface area (Å²) in [4.78, 5) is 24.2. The molecule has 3 N–H and O–H groups in total. The van der Waals surface area contributed by atoms with Crippen LogP contribution in [-0.4, -0.2) is 29.2 Å². The Labute approximate surface area is 170 Å². The Morgan fingerprint density at radius 1 is 1.25 bits per heavy atom. The highest BCUT2D eigenvalue weighted by Gasteiger charge is 2.19. The summed E-state index contributed by atoms with van der Waals surface area (Å²) < 4.78 is 0. The molecule has 0 bridgehead atoms. The number of nitrogens with zero attached hydrogens (tertiary/aromatic N) is 1. The molecule has 148 valence electrons. The van der Waals surface area contributed by atoms with Crippen LogP contribution in [0.1, 0.15) is 36.8 Å². The Hall–Kier alpha value is -2.62. The first-order chi connectivity index (χ1) is 13.2. The second kappa shape index (κ2) is 10.6. The number of terminal acetylenes is 1. The third kappa shape index (κ3) is 5.44. The highest BCUT2D eigenvalue weighted by Crippen LogP contribution is 2.29. The minimum Gasteiger partial charge on any atom is -0.326 e. The molecule has 1 amide bonds. The van der Waals surface area contributed by atoms with E-state index in [0.29, 0.717) is 19.5 Å². The van der Waals surface area contributed by atoms with Gasteiger partial charge in [-0.1, -0.05) is 18.1 Å². The van der Waals surface area contributed by atoms with Crippen molar-refractivity contribution in [1.29, 1.82) is 0 Å². The first kappa shape index (κ1) is 21.7. The van der Waals surface area contributed by atoms with Gasteiger partial charge in [-0.25, -0.2) is 5.10 Å². The van der Waals surface area contributed by atoms with Gasteiger partial charge in [0.25, 0.3) is 5.56 Å². The lowest BCUT2D eigenvalue weighted by molar-refractivity contribution is -0.116. The van der Waals surface area contributed by atoms with Crippen LogP contribution in [0, 0.1) is 12.3 Å². The third-order valence-corrected chi connectivity index (χ3v) is 4.70. The van der Waals surface area contributed by atoms with Gasteiger partial charge in [0.2, 0.25) is 5.91 Å². The summed E-state index contributed by atoms with van der Waals surface area (Å²) in [7, 11) is 0. The normalized spacial score (nSPS) is 12.4. The van der Waals surface area contributed by atoms with E-state index >= 15 is 0 Å². The van der Waals surface area contributed by atoms with Crippen LogP contribution in [0.3, 0.4) is 0 Å². The molecular formula is C21H25ClN4O2. The maximum absolute atomic E-state index is 12.1. The Morgan fingerprint density at radius 2 is 2.04 bits per heavy atom. The molecule has 0 spiro atoms. The van der Waals surface area contributed by atoms with Gasteiger partial charge in [0, 0.05) is 23.2 Å². The van der Waals surface area contributed by atoms with E-state index in [1.165, 1.54) is 0 Å². The van der Waals surface area contributed by atoms with Gasteiger partial charge < -0.3 is 10.6 Å². The molecule has 3 rings (SSSR count). The lowest BCUT2D eigenvalue weighted by Gasteiger charge is -2.17. The van der Waals surface area contributed by atoms with Crippen LogP contribution in [0.15, 0.2) is 29.1 Å². The number of aromatic nitrogens is 2. The van der Waals surface area contributed by atoms with Crippen molar-refractivity contribution in [2.24, 2.45) is 0 Å². The molecule has 0 saturated carbocycles. The predicted octanol–water partition coefficient (Wildman–Crippen LogP) is 2.68. The number of anilines is 1. The molecule has 0 fully saturated rings. The molecule has 1 aromatic carbocycles. The number of aromatic amines is 1. The monoisotopic (exact) mass is 400 g/mol. The number of benzene rings is 1. The van der Waals surface area contributed by atoms with Gasteiger partial charge in [-0.05, 0) is 56.3 Å². The fraction of sp³-hybridized carbons (Fsp3) is 0.381. The number of carbonyl (C=O) groups excluding carboxylic acids is 1. The van der Waals surface area contributed by atoms with E-state index in [1.54, 1.807) is 0 Å². The molecule has 0 atom stereocenters. The molecule has 2 aromatic rings. The van der Waals surface area contributed by atoms with E-state index < -0.39 is 0 Å². The second-order valence-electron chi connectivity index (χ2n) is 6.68. The molecule has 0 aliphatic heterocycles. The zero-order valence-electron chi connectivity index (χ0n) is 15.7. The number of fused-ring (bicyclic) bond motifs is 1. The number of halogens is 1. The maximum Gasteiger partial charge on any atom is 0.267 e. The van der Waals surface area contributed by atoms with Crippen molar-refractivity contribution in [2.45, 2.75) is 38.5 Å². The zero-order valence-corrected chi connectivity index (χ0v) is 16.5. The Morgan fingerprint density at radius 3 is 2.82 bits per heavy atom. The van der Waals surface area contributed by atoms with Crippen LogP contribution in [0.25, 0.3) is 11.3 Å². The molecule has 1 aliphatic carbocycles. The van der Waals surface area contributed by atoms with E-state index in [9.17, 15) is 9.59 Å². The predicted molar refractivity (Wildman–Crippen MR) is 114 cm³/mol. The highest BCUT2D eigenvalue weighted by molar-refractivity contribution is 5.91. The molecule has 1 aliphatic rings. The maximum atomic E-state index is 12.1. The van der Waals surface area contributed by atoms with Crippen LogP contribution in [0.2, 0.25) is 0 Å². The number of rotatable bonds is 7. The minimum absolute atomic E-state index is 0. The van der Waals surface area contributed by atoms with Gasteiger partial charge >= 0.3 is 0 Å². The van der Waals surface area contributed by atoms with E-state index in [4.69, 9.17) is 6.42 Å². The SMILES string of the molecule is C#CCNCCCC(=O)Nc1cccc(-c2n[nH]c(=O)c3c2CCCC3)c1.Cl. The van der Waals surface area contributed by atoms with Crippen LogP contribution in [-0.2, 0) is 17.6 Å². The fourth-order valence-electron chi connectivity index (χ4n) is 3.40. The summed E-state index contributed by atoms with van der Waals surface area (Å²) >= 11 is 0. The van der Waals surface area contributed by atoms with Crippen molar-refractivity contribution < 1.29 is 4.79 Å². The fourth-order valence-corrected chi connectivity index (χ4v) is 3.40. The topological polar surface area (TPSA) is 86.9 Å². The summed E-state index contributed by atoms with van der Waals surface area (Å²) in [6.45, 7) is 1.23. The molecule has 0 unspecified atom stereocenters. The van der Waals surface area contributed by atoms with E-state index in [2.05, 4.69) is 26.8 Å². The molecule has 0 saturated heterocycles. The number of hydrogen-bond acceptors (Lipinski definition) is 4. The highest BCUT2D eigenvalue weighted by atomic mass is 35.5. The smallest absolute Gasteiger partial charge is 0.267 e. The van der Waals surface area contributed by atoms with Gasteiger partial charge in [0.05, 0.1) is 12.2 Å². The number of amides is 1. The van der Waals surface area contributed by atoms with Gasteiger partial charge in [-0.2, -0.15) is 5.10 Å². The number of H-pyrrole nitrogens is 1. The Balaban J connectivity index is 0.00000280. The van der Waals surface area contributed by atoms with E-state index in [1.807, 2.05) is 24.3 Å². The minimum atomic E-state index is -0.0867. The van der Waals surface area contributed by atoms with E-state index in [0.717, 1.165) is 60.2 Å². The average Bonchev–Trinajstić information content (AvgIpc) is 2.68. The number of carbonyl (C=O) groups is 1. The zero-order chi connectivity index (χ0) is 19.1. The molecule has 7 heteroatoms. The molecule has 0 radical (unpaired) electrons. The van der Waals surface area contributed by atoms with Crippen molar-refractivity contribution in [3.8, 4) is 23.6 Å². The number of hydrogen-bond donors (Lipinski definition) is 3. The first-order valence-electron chi connectivity index (χ1n) is 9.34. The van der Waals surface area contributed by atoms with Gasteiger partial charge in [0.1, 0.15) is 0 Å². The van der Waals surface area contributed by atoms with Crippen LogP contribution in [0.5, 0.6) is 0 Å². The van der Waals surface area contributed by atoms with Gasteiger partial charge in [0.15, 0.2) is 0 Å². The van der Waals surface area contributed by atoms with Gasteiger partial charge in [-0.3, -0.25) is 9.59 Å². The van der Waals surface area contributed by atoms with Crippen molar-refractivity contribution in [3.05, 3.63) is 45.7 Å². The molecule has 1 heterocycles. The Bertz CT molecular complexity index is 917. The molecule has 1 aromatic heterocycles. The quantitative estimate of drug-likeness (QED) is 0.492. The van der Waals surface area contributed by atoms with Crippen molar-refractivity contribution in [2.75, 3.05) is 18.4 Å². The van der Waals surface area contributed by atoms with Crippen LogP contribution in [0.4, 0.5) is 5.69 Å². The van der Waals surface area contributed by atoms with Crippen LogP contribution >= 0.6 is 12.4 Å². The van der Waals surface area contributed by atoms with Crippen molar-refractivity contribution >= 4 is 24.0 Å². The Kier molecular flexibility index (Phi) is 8.24. The third-order valence-electron chi connectivity index (χ3n) is 4.70. The molecule has 6 nitrogen and oxygen atoms in total. The number of nitrogens with one attached hydrogen (secondary N) is 3. The molecular weight excluding hydrogens is 376 g/mol. The van der Waals surface area contributed by atoms with Crippen molar-refractivity contribution in [3.63, 3.8) is 0 Å². The van der Waals surface area contributed by atoms with Gasteiger partial charge in [-0.15, -0.1) is 18.8 Å². The lowest BCUT2D eigenvalue weighted by atomic mass is 9.90. The summed E-state index contributed by atoms with van der Waals surface area (Å²) in [5.41, 5.74) is 4.23. The molecule has 28 heavy (non-hydrogen) atoms. The summed E-state index contributed by atoms with van der Waals surface area (Å²) in [5.74, 6) is 2.47. The summed E-state index contributed by atoms with van der Waals surface area (Å²) in [6, 6.07) is 7.61. The first-order valence-corrected chi connectivity index (χ1v) is 9.34. The second-order valence-corrected chi connectivity index (χ2v) is 6.68. The average molecular weight is 401 g/mol. The summed E-state index contributed by atoms with van der Waals surface area (Å²) in [6.07, 6.45) is 10.1.